The number of hydrogen-bond acceptors (Lipinski definition) is 3. The maximum atomic E-state index is 13.2. The van der Waals surface area contributed by atoms with E-state index in [0.717, 1.165) is 0 Å². The van der Waals surface area contributed by atoms with Gasteiger partial charge in [0, 0.05) is 0 Å². The molecule has 20 heavy (non-hydrogen) atoms. The van der Waals surface area contributed by atoms with E-state index >= 15 is 0 Å². The van der Waals surface area contributed by atoms with Crippen LogP contribution in [0.4, 0.5) is 17.6 Å². The summed E-state index contributed by atoms with van der Waals surface area (Å²) in [5, 5.41) is 0. The molecule has 8 heteroatoms. The molecule has 0 saturated carbocycles. The average Bonchev–Trinajstić information content (AvgIpc) is 2.46. The van der Waals surface area contributed by atoms with Gasteiger partial charge in [0.1, 0.15) is 0 Å². The molecule has 1 saturated heterocycles. The van der Waals surface area contributed by atoms with Gasteiger partial charge in [-0.05, 0) is 39.8 Å². The van der Waals surface area contributed by atoms with Crippen molar-refractivity contribution in [2.45, 2.75) is 45.1 Å². The van der Waals surface area contributed by atoms with Crippen LogP contribution in [0.1, 0.15) is 33.3 Å². The van der Waals surface area contributed by atoms with Crippen LogP contribution in [-0.4, -0.2) is 23.3 Å². The van der Waals surface area contributed by atoms with Gasteiger partial charge in [-0.15, -0.1) is 0 Å². The molecule has 1 fully saturated rings. The molecule has 0 aliphatic carbocycles. The van der Waals surface area contributed by atoms with Crippen LogP contribution in [0.15, 0.2) is 12.1 Å². The van der Waals surface area contributed by atoms with Gasteiger partial charge in [-0.2, -0.15) is 17.6 Å². The molecule has 0 atom stereocenters. The molecule has 0 aromatic carbocycles. The zero-order chi connectivity index (χ0) is 15.3. The molecule has 110 valence electrons. The van der Waals surface area contributed by atoms with Crippen molar-refractivity contribution < 1.29 is 26.9 Å². The van der Waals surface area contributed by atoms with Gasteiger partial charge in [0.25, 0.3) is 0 Å². The van der Waals surface area contributed by atoms with Gasteiger partial charge in [-0.1, -0.05) is 0 Å². The fourth-order valence-electron chi connectivity index (χ4n) is 1.82. The van der Waals surface area contributed by atoms with Gasteiger partial charge in [-0.3, -0.25) is 0 Å². The third-order valence-corrected chi connectivity index (χ3v) is 3.67. The van der Waals surface area contributed by atoms with Crippen molar-refractivity contribution >= 4 is 12.7 Å². The van der Waals surface area contributed by atoms with Gasteiger partial charge in [0.2, 0.25) is 5.95 Å². The molecule has 1 aliphatic heterocycles. The smallest absolute Gasteiger partial charge is 0.398 e. The summed E-state index contributed by atoms with van der Waals surface area (Å²) in [4.78, 5) is 3.32. The lowest BCUT2D eigenvalue weighted by molar-refractivity contribution is -0.137. The first-order valence-corrected chi connectivity index (χ1v) is 6.03. The summed E-state index contributed by atoms with van der Waals surface area (Å²) in [6.45, 7) is 6.78. The average molecular weight is 291 g/mol. The topological polar surface area (TPSA) is 31.4 Å². The molecule has 0 radical (unpaired) electrons. The summed E-state index contributed by atoms with van der Waals surface area (Å²) < 4.78 is 63.0. The number of hydrogen-bond donors (Lipinski definition) is 0. The van der Waals surface area contributed by atoms with Crippen LogP contribution in [0, 0.1) is 5.95 Å². The second kappa shape index (κ2) is 4.43. The lowest BCUT2D eigenvalue weighted by Crippen LogP contribution is -2.41. The Kier molecular flexibility index (Phi) is 3.37. The van der Waals surface area contributed by atoms with E-state index in [9.17, 15) is 17.6 Å². The summed E-state index contributed by atoms with van der Waals surface area (Å²) in [6.07, 6.45) is -4.65. The van der Waals surface area contributed by atoms with Gasteiger partial charge in [0.05, 0.1) is 22.4 Å². The standard InChI is InChI=1S/C12H14BF4NO2/c1-10(2)11(3,4)20-13(19-10)9-7(12(15,16)17)5-6-8(14)18-9/h5-6H,1-4H3. The predicted octanol–water partition coefficient (Wildman–Crippen LogP) is 2.54. The maximum Gasteiger partial charge on any atom is 0.515 e. The van der Waals surface area contributed by atoms with E-state index in [1.54, 1.807) is 27.7 Å². The Hall–Kier alpha value is -1.15. The molecule has 3 nitrogen and oxygen atoms in total. The number of rotatable bonds is 1. The van der Waals surface area contributed by atoms with E-state index in [4.69, 9.17) is 9.31 Å². The quantitative estimate of drug-likeness (QED) is 0.452. The monoisotopic (exact) mass is 291 g/mol. The van der Waals surface area contributed by atoms with Gasteiger partial charge in [-0.25, -0.2) is 4.98 Å². The molecule has 2 heterocycles. The highest BCUT2D eigenvalue weighted by atomic mass is 19.4. The minimum absolute atomic E-state index is 0.587. The van der Waals surface area contributed by atoms with E-state index in [2.05, 4.69) is 4.98 Å². The fraction of sp³-hybridized carbons (Fsp3) is 0.583. The molecule has 0 amide bonds. The maximum absolute atomic E-state index is 13.2. The summed E-state index contributed by atoms with van der Waals surface area (Å²) in [7, 11) is -1.35. The SMILES string of the molecule is CC1(C)OB(c2nc(F)ccc2C(F)(F)F)OC1(C)C. The van der Waals surface area contributed by atoms with Crippen LogP contribution in [-0.2, 0) is 15.5 Å². The second-order valence-corrected chi connectivity index (χ2v) is 5.65. The Bertz CT molecular complexity index is 515. The van der Waals surface area contributed by atoms with E-state index in [0.29, 0.717) is 12.1 Å². The minimum Gasteiger partial charge on any atom is -0.398 e. The van der Waals surface area contributed by atoms with Crippen LogP contribution in [0.5, 0.6) is 0 Å². The van der Waals surface area contributed by atoms with Crippen molar-refractivity contribution in [1.29, 1.82) is 0 Å². The number of nitrogens with zero attached hydrogens (tertiary/aromatic N) is 1. The largest absolute Gasteiger partial charge is 0.515 e. The van der Waals surface area contributed by atoms with Crippen molar-refractivity contribution in [3.63, 3.8) is 0 Å². The molecule has 0 unspecified atom stereocenters. The van der Waals surface area contributed by atoms with Crippen molar-refractivity contribution in [3.8, 4) is 0 Å². The normalized spacial score (nSPS) is 21.3. The highest BCUT2D eigenvalue weighted by Crippen LogP contribution is 2.37. The zero-order valence-electron chi connectivity index (χ0n) is 11.5. The molecular weight excluding hydrogens is 277 g/mol. The number of halogens is 4. The Balaban J connectivity index is 2.47. The predicted molar refractivity (Wildman–Crippen MR) is 64.9 cm³/mol. The Morgan fingerprint density at radius 2 is 1.55 bits per heavy atom. The van der Waals surface area contributed by atoms with Crippen LogP contribution in [0.25, 0.3) is 0 Å². The third-order valence-electron chi connectivity index (χ3n) is 3.67. The fourth-order valence-corrected chi connectivity index (χ4v) is 1.82. The van der Waals surface area contributed by atoms with Gasteiger partial charge in [0.15, 0.2) is 0 Å². The summed E-state index contributed by atoms with van der Waals surface area (Å²) in [5.74, 6) is -1.01. The first kappa shape index (κ1) is 15.2. The van der Waals surface area contributed by atoms with Crippen LogP contribution in [0.2, 0.25) is 0 Å². The highest BCUT2D eigenvalue weighted by Gasteiger charge is 2.54. The molecular formula is C12H14BF4NO2. The summed E-state index contributed by atoms with van der Waals surface area (Å²) in [6, 6.07) is 1.31. The van der Waals surface area contributed by atoms with Gasteiger partial charge < -0.3 is 9.31 Å². The van der Waals surface area contributed by atoms with E-state index in [1.807, 2.05) is 0 Å². The Labute approximate surface area is 114 Å². The molecule has 0 bridgehead atoms. The van der Waals surface area contributed by atoms with Crippen LogP contribution in [0.3, 0.4) is 0 Å². The Morgan fingerprint density at radius 3 is 2.00 bits per heavy atom. The summed E-state index contributed by atoms with van der Waals surface area (Å²) >= 11 is 0. The zero-order valence-corrected chi connectivity index (χ0v) is 11.5. The van der Waals surface area contributed by atoms with Crippen LogP contribution < -0.4 is 5.59 Å². The summed E-state index contributed by atoms with van der Waals surface area (Å²) in [5.41, 5.74) is -3.29. The van der Waals surface area contributed by atoms with E-state index < -0.39 is 41.6 Å². The van der Waals surface area contributed by atoms with E-state index in [-0.39, 0.29) is 0 Å². The number of pyridine rings is 1. The molecule has 0 N–H and O–H groups in total. The van der Waals surface area contributed by atoms with Crippen molar-refractivity contribution in [3.05, 3.63) is 23.6 Å². The van der Waals surface area contributed by atoms with E-state index in [1.165, 1.54) is 0 Å². The Morgan fingerprint density at radius 1 is 1.05 bits per heavy atom. The van der Waals surface area contributed by atoms with Gasteiger partial charge >= 0.3 is 13.3 Å². The van der Waals surface area contributed by atoms with Crippen molar-refractivity contribution in [2.75, 3.05) is 0 Å². The third kappa shape index (κ3) is 2.54. The minimum atomic E-state index is -4.65. The number of aromatic nitrogens is 1. The van der Waals surface area contributed by atoms with Crippen LogP contribution >= 0.6 is 0 Å². The molecule has 1 aromatic rings. The highest BCUT2D eigenvalue weighted by molar-refractivity contribution is 6.61. The lowest BCUT2D eigenvalue weighted by atomic mass is 9.80. The van der Waals surface area contributed by atoms with Crippen molar-refractivity contribution in [2.24, 2.45) is 0 Å². The molecule has 2 rings (SSSR count). The molecule has 1 aliphatic rings. The lowest BCUT2D eigenvalue weighted by Gasteiger charge is -2.32. The van der Waals surface area contributed by atoms with Crippen molar-refractivity contribution in [1.82, 2.24) is 4.98 Å². The molecule has 0 spiro atoms. The first-order chi connectivity index (χ1) is 8.94. The molecule has 1 aromatic heterocycles. The number of alkyl halides is 3. The second-order valence-electron chi connectivity index (χ2n) is 5.65. The first-order valence-electron chi connectivity index (χ1n) is 6.03.